The molecule has 1 saturated heterocycles. The Hall–Kier alpha value is -3.82. The molecule has 0 spiro atoms. The summed E-state index contributed by atoms with van der Waals surface area (Å²) in [5.41, 5.74) is 8.96. The molecule has 0 radical (unpaired) electrons. The normalized spacial score (nSPS) is 14.6. The van der Waals surface area contributed by atoms with E-state index in [1.165, 1.54) is 23.0 Å². The Morgan fingerprint density at radius 1 is 1.14 bits per heavy atom. The summed E-state index contributed by atoms with van der Waals surface area (Å²) < 4.78 is 22.1. The number of hydrogen-bond donors (Lipinski definition) is 1. The van der Waals surface area contributed by atoms with Gasteiger partial charge in [0.15, 0.2) is 0 Å². The van der Waals surface area contributed by atoms with Gasteiger partial charge < -0.3 is 19.9 Å². The Kier molecular flexibility index (Phi) is 6.66. The smallest absolute Gasteiger partial charge is 0.250 e. The zero-order valence-corrected chi connectivity index (χ0v) is 21.1. The topological polar surface area (TPSA) is 103 Å². The van der Waals surface area contributed by atoms with Gasteiger partial charge in [-0.2, -0.15) is 0 Å². The van der Waals surface area contributed by atoms with Gasteiger partial charge in [-0.1, -0.05) is 11.6 Å². The van der Waals surface area contributed by atoms with Crippen molar-refractivity contribution in [3.05, 3.63) is 86.8 Å². The zero-order chi connectivity index (χ0) is 26.3. The van der Waals surface area contributed by atoms with E-state index in [2.05, 4.69) is 14.9 Å². The van der Waals surface area contributed by atoms with E-state index in [4.69, 9.17) is 22.1 Å². The first-order chi connectivity index (χ1) is 17.7. The molecule has 1 fully saturated rings. The van der Waals surface area contributed by atoms with E-state index >= 15 is 4.39 Å². The summed E-state index contributed by atoms with van der Waals surface area (Å²) in [5.74, 6) is -2.40. The summed E-state index contributed by atoms with van der Waals surface area (Å²) in [4.78, 5) is 36.1. The Morgan fingerprint density at radius 2 is 1.89 bits per heavy atom. The molecule has 1 aliphatic rings. The summed E-state index contributed by atoms with van der Waals surface area (Å²) in [6.07, 6.45) is 1.38. The Labute approximate surface area is 217 Å². The molecule has 2 aromatic carbocycles. The lowest BCUT2D eigenvalue weighted by Crippen LogP contribution is -2.36. The quantitative estimate of drug-likeness (QED) is 0.431. The van der Waals surface area contributed by atoms with Gasteiger partial charge in [-0.05, 0) is 54.4 Å². The van der Waals surface area contributed by atoms with Crippen molar-refractivity contribution in [1.29, 1.82) is 0 Å². The van der Waals surface area contributed by atoms with Gasteiger partial charge in [0, 0.05) is 53.6 Å². The van der Waals surface area contributed by atoms with Crippen molar-refractivity contribution in [3.8, 4) is 11.3 Å². The highest BCUT2D eigenvalue weighted by molar-refractivity contribution is 6.32. The molecular formula is C27H25ClFN5O3. The fourth-order valence-electron chi connectivity index (χ4n) is 4.77. The Bertz CT molecular complexity index is 1580. The van der Waals surface area contributed by atoms with Gasteiger partial charge in [0.05, 0.1) is 24.4 Å². The van der Waals surface area contributed by atoms with E-state index in [1.807, 2.05) is 18.2 Å². The summed E-state index contributed by atoms with van der Waals surface area (Å²) in [6, 6.07) is 11.5. The van der Waals surface area contributed by atoms with Gasteiger partial charge in [-0.3, -0.25) is 9.59 Å². The van der Waals surface area contributed by atoms with E-state index in [0.29, 0.717) is 41.1 Å². The molecule has 1 amide bonds. The van der Waals surface area contributed by atoms with E-state index < -0.39 is 17.6 Å². The molecular weight excluding hydrogens is 497 g/mol. The highest BCUT2D eigenvalue weighted by Gasteiger charge is 2.28. The van der Waals surface area contributed by atoms with Crippen LogP contribution in [-0.4, -0.2) is 46.7 Å². The van der Waals surface area contributed by atoms with Gasteiger partial charge in [-0.25, -0.2) is 14.4 Å². The highest BCUT2D eigenvalue weighted by Crippen LogP contribution is 2.37. The number of hydrogen-bond acceptors (Lipinski definition) is 6. The average Bonchev–Trinajstić information content (AvgIpc) is 2.88. The number of amides is 1. The molecule has 1 unspecified atom stereocenters. The van der Waals surface area contributed by atoms with Crippen LogP contribution in [0.3, 0.4) is 0 Å². The molecule has 1 aliphatic heterocycles. The number of pyridine rings is 1. The van der Waals surface area contributed by atoms with Crippen LogP contribution in [0, 0.1) is 12.7 Å². The predicted octanol–water partition coefficient (Wildman–Crippen LogP) is 3.55. The molecule has 1 atom stereocenters. The van der Waals surface area contributed by atoms with Crippen molar-refractivity contribution in [2.45, 2.75) is 12.8 Å². The van der Waals surface area contributed by atoms with E-state index in [0.717, 1.165) is 24.8 Å². The van der Waals surface area contributed by atoms with Gasteiger partial charge >= 0.3 is 0 Å². The van der Waals surface area contributed by atoms with Gasteiger partial charge in [0.25, 0.3) is 5.56 Å². The number of anilines is 1. The maximum atomic E-state index is 15.4. The molecule has 0 saturated carbocycles. The fourth-order valence-corrected chi connectivity index (χ4v) is 5.03. The van der Waals surface area contributed by atoms with Crippen LogP contribution >= 0.6 is 11.6 Å². The molecule has 2 aromatic heterocycles. The third-order valence-electron chi connectivity index (χ3n) is 6.67. The van der Waals surface area contributed by atoms with Gasteiger partial charge in [0.2, 0.25) is 5.91 Å². The minimum atomic E-state index is -1.08. The van der Waals surface area contributed by atoms with Gasteiger partial charge in [0.1, 0.15) is 18.1 Å². The first-order valence-electron chi connectivity index (χ1n) is 11.8. The number of carbonyl (C=O) groups is 1. The molecule has 2 N–H and O–H groups in total. The number of halogens is 2. The van der Waals surface area contributed by atoms with Crippen molar-refractivity contribution >= 4 is 34.1 Å². The minimum Gasteiger partial charge on any atom is -0.378 e. The van der Waals surface area contributed by atoms with Gasteiger partial charge in [-0.15, -0.1) is 0 Å². The Morgan fingerprint density at radius 3 is 2.62 bits per heavy atom. The van der Waals surface area contributed by atoms with Crippen molar-refractivity contribution in [2.24, 2.45) is 12.8 Å². The summed E-state index contributed by atoms with van der Waals surface area (Å²) in [5, 5.41) is 0.664. The summed E-state index contributed by atoms with van der Waals surface area (Å²) in [6.45, 7) is 4.60. The molecule has 37 heavy (non-hydrogen) atoms. The van der Waals surface area contributed by atoms with Crippen LogP contribution in [0.5, 0.6) is 0 Å². The maximum Gasteiger partial charge on any atom is 0.250 e. The molecule has 3 heterocycles. The molecule has 8 nitrogen and oxygen atoms in total. The predicted molar refractivity (Wildman–Crippen MR) is 140 cm³/mol. The molecule has 10 heteroatoms. The van der Waals surface area contributed by atoms with E-state index in [-0.39, 0.29) is 21.7 Å². The molecule has 4 aromatic rings. The van der Waals surface area contributed by atoms with Crippen LogP contribution in [-0.2, 0) is 16.6 Å². The molecule has 0 bridgehead atoms. The van der Waals surface area contributed by atoms with Crippen LogP contribution in [0.25, 0.3) is 22.2 Å². The number of carbonyl (C=O) groups excluding carboxylic acids is 1. The first-order valence-corrected chi connectivity index (χ1v) is 12.2. The van der Waals surface area contributed by atoms with Crippen molar-refractivity contribution in [1.82, 2.24) is 14.5 Å². The third kappa shape index (κ3) is 4.68. The number of ether oxygens (including phenoxy) is 1. The molecule has 0 aliphatic carbocycles. The fraction of sp³-hybridized carbons (Fsp3) is 0.259. The van der Waals surface area contributed by atoms with E-state index in [1.54, 1.807) is 20.0 Å². The number of morpholine rings is 1. The van der Waals surface area contributed by atoms with Crippen LogP contribution in [0.4, 0.5) is 10.1 Å². The highest BCUT2D eigenvalue weighted by atomic mass is 35.5. The summed E-state index contributed by atoms with van der Waals surface area (Å²) >= 11 is 6.45. The first kappa shape index (κ1) is 24.9. The maximum absolute atomic E-state index is 15.4. The lowest BCUT2D eigenvalue weighted by Gasteiger charge is -2.29. The average molecular weight is 522 g/mol. The zero-order valence-electron chi connectivity index (χ0n) is 20.4. The number of aromatic nitrogens is 3. The number of fused-ring (bicyclic) bond motifs is 1. The van der Waals surface area contributed by atoms with E-state index in [9.17, 15) is 9.59 Å². The van der Waals surface area contributed by atoms with Crippen LogP contribution in [0.1, 0.15) is 22.7 Å². The number of aryl methyl sites for hydroxylation is 1. The largest absolute Gasteiger partial charge is 0.378 e. The number of rotatable bonds is 5. The SMILES string of the molecule is Cc1cc(C(C(N)=O)c2cc(-c3ncnc4cc(N5CCOCC5)ccc34)c(F)cc2Cl)n(C)c(=O)c1. The molecule has 190 valence electrons. The standard InChI is InChI=1S/C27H25ClFN5O3/c1-15-9-23(33(2)24(35)10-15)25(27(30)36)18-12-19(21(29)13-20(18)28)26-17-4-3-16(11-22(17)31-14-32-26)34-5-7-37-8-6-34/h3-4,9-14,25H,5-8H2,1-2H3,(H2,30,36). The van der Waals surface area contributed by atoms with Crippen LogP contribution in [0.2, 0.25) is 5.02 Å². The number of nitrogens with zero attached hydrogens (tertiary/aromatic N) is 4. The summed E-state index contributed by atoms with van der Waals surface area (Å²) in [7, 11) is 1.55. The lowest BCUT2D eigenvalue weighted by atomic mass is 9.90. The second-order valence-electron chi connectivity index (χ2n) is 9.07. The van der Waals surface area contributed by atoms with Crippen LogP contribution in [0.15, 0.2) is 53.6 Å². The Balaban J connectivity index is 1.66. The minimum absolute atomic E-state index is 0.0203. The third-order valence-corrected chi connectivity index (χ3v) is 7.00. The second-order valence-corrected chi connectivity index (χ2v) is 9.47. The monoisotopic (exact) mass is 521 g/mol. The number of nitrogens with two attached hydrogens (primary N) is 1. The number of primary amides is 1. The lowest BCUT2D eigenvalue weighted by molar-refractivity contribution is -0.118. The second kappa shape index (κ2) is 9.91. The van der Waals surface area contributed by atoms with Crippen molar-refractivity contribution < 1.29 is 13.9 Å². The molecule has 5 rings (SSSR count). The van der Waals surface area contributed by atoms with Crippen LogP contribution < -0.4 is 16.2 Å². The van der Waals surface area contributed by atoms with Crippen molar-refractivity contribution in [2.75, 3.05) is 31.2 Å². The number of benzene rings is 2. The van der Waals surface area contributed by atoms with Crippen molar-refractivity contribution in [3.63, 3.8) is 0 Å².